The van der Waals surface area contributed by atoms with Gasteiger partial charge in [-0.15, -0.1) is 0 Å². The minimum Gasteiger partial charge on any atom is -0.347 e. The minimum atomic E-state index is 0.00489. The highest BCUT2D eigenvalue weighted by molar-refractivity contribution is 5.92. The largest absolute Gasteiger partial charge is 0.347 e. The van der Waals surface area contributed by atoms with Crippen LogP contribution >= 0.6 is 0 Å². The lowest BCUT2D eigenvalue weighted by Gasteiger charge is -2.25. The van der Waals surface area contributed by atoms with Crippen LogP contribution < -0.4 is 5.32 Å². The van der Waals surface area contributed by atoms with Crippen molar-refractivity contribution in [2.24, 2.45) is 5.92 Å². The Labute approximate surface area is 144 Å². The summed E-state index contributed by atoms with van der Waals surface area (Å²) in [7, 11) is 0. The van der Waals surface area contributed by atoms with Crippen LogP contribution in [0.1, 0.15) is 54.4 Å². The molecule has 1 heterocycles. The summed E-state index contributed by atoms with van der Waals surface area (Å²) in [5.74, 6) is 0.582. The summed E-state index contributed by atoms with van der Waals surface area (Å²) in [6.45, 7) is 4.66. The molecule has 0 bridgehead atoms. The normalized spacial score (nSPS) is 16.2. The lowest BCUT2D eigenvalue weighted by atomic mass is 9.92. The second-order valence-corrected chi connectivity index (χ2v) is 6.80. The quantitative estimate of drug-likeness (QED) is 0.879. The van der Waals surface area contributed by atoms with Gasteiger partial charge in [0.1, 0.15) is 5.69 Å². The van der Waals surface area contributed by atoms with E-state index in [1.807, 2.05) is 26.0 Å². The van der Waals surface area contributed by atoms with E-state index in [0.717, 1.165) is 12.1 Å². The number of aryl methyl sites for hydroxylation is 2. The molecule has 0 aliphatic heterocycles. The smallest absolute Gasteiger partial charge is 0.269 e. The maximum atomic E-state index is 12.8. The molecule has 4 nitrogen and oxygen atoms in total. The molecule has 1 aliphatic carbocycles. The van der Waals surface area contributed by atoms with Gasteiger partial charge in [0.25, 0.3) is 5.91 Å². The molecule has 1 aromatic heterocycles. The van der Waals surface area contributed by atoms with E-state index in [-0.39, 0.29) is 11.9 Å². The number of carbonyl (C=O) groups is 1. The average molecular weight is 325 g/mol. The number of rotatable bonds is 6. The van der Waals surface area contributed by atoms with E-state index >= 15 is 0 Å². The van der Waals surface area contributed by atoms with E-state index in [1.54, 1.807) is 4.68 Å². The van der Waals surface area contributed by atoms with Crippen molar-refractivity contribution >= 4 is 5.91 Å². The number of nitrogens with one attached hydrogen (secondary N) is 1. The van der Waals surface area contributed by atoms with Gasteiger partial charge in [-0.1, -0.05) is 43.2 Å². The topological polar surface area (TPSA) is 46.9 Å². The molecule has 4 heteroatoms. The number of nitrogens with zero attached hydrogens (tertiary/aromatic N) is 2. The van der Waals surface area contributed by atoms with Crippen LogP contribution in [-0.2, 0) is 13.0 Å². The molecule has 2 aromatic rings. The van der Waals surface area contributed by atoms with Crippen molar-refractivity contribution in [2.75, 3.05) is 0 Å². The average Bonchev–Trinajstić information content (AvgIpc) is 3.24. The number of aromatic nitrogens is 2. The first-order valence-electron chi connectivity index (χ1n) is 9.06. The second kappa shape index (κ2) is 7.65. The van der Waals surface area contributed by atoms with Crippen LogP contribution in [0.5, 0.6) is 0 Å². The van der Waals surface area contributed by atoms with Gasteiger partial charge in [0.15, 0.2) is 0 Å². The van der Waals surface area contributed by atoms with Crippen molar-refractivity contribution in [3.05, 3.63) is 53.3 Å². The van der Waals surface area contributed by atoms with Crippen molar-refractivity contribution in [1.82, 2.24) is 15.1 Å². The molecule has 1 fully saturated rings. The number of hydrogen-bond donors (Lipinski definition) is 1. The van der Waals surface area contributed by atoms with Crippen LogP contribution in [-0.4, -0.2) is 21.7 Å². The number of benzene rings is 1. The predicted octanol–water partition coefficient (Wildman–Crippen LogP) is 3.74. The molecule has 1 saturated carbocycles. The maximum absolute atomic E-state index is 12.8. The summed E-state index contributed by atoms with van der Waals surface area (Å²) in [6, 6.07) is 12.5. The fourth-order valence-electron chi connectivity index (χ4n) is 3.77. The molecule has 0 saturated heterocycles. The van der Waals surface area contributed by atoms with Crippen molar-refractivity contribution in [2.45, 2.75) is 58.5 Å². The number of hydrogen-bond acceptors (Lipinski definition) is 2. The van der Waals surface area contributed by atoms with E-state index in [4.69, 9.17) is 0 Å². The predicted molar refractivity (Wildman–Crippen MR) is 96.0 cm³/mol. The van der Waals surface area contributed by atoms with E-state index in [2.05, 4.69) is 34.7 Å². The van der Waals surface area contributed by atoms with Crippen LogP contribution in [0.4, 0.5) is 0 Å². The molecule has 128 valence electrons. The summed E-state index contributed by atoms with van der Waals surface area (Å²) in [4.78, 5) is 12.8. The Kier molecular flexibility index (Phi) is 5.34. The molecule has 1 amide bonds. The second-order valence-electron chi connectivity index (χ2n) is 6.80. The van der Waals surface area contributed by atoms with E-state index < -0.39 is 0 Å². The third-order valence-corrected chi connectivity index (χ3v) is 5.02. The van der Waals surface area contributed by atoms with Crippen molar-refractivity contribution < 1.29 is 4.79 Å². The van der Waals surface area contributed by atoms with Crippen LogP contribution in [0, 0.1) is 12.8 Å². The first kappa shape index (κ1) is 16.7. The molecule has 0 radical (unpaired) electrons. The van der Waals surface area contributed by atoms with Crippen molar-refractivity contribution in [3.63, 3.8) is 0 Å². The van der Waals surface area contributed by atoms with Gasteiger partial charge in [0.2, 0.25) is 0 Å². The third kappa shape index (κ3) is 3.86. The monoisotopic (exact) mass is 325 g/mol. The van der Waals surface area contributed by atoms with Crippen LogP contribution in [0.15, 0.2) is 36.4 Å². The Morgan fingerprint density at radius 1 is 1.29 bits per heavy atom. The molecule has 1 aromatic carbocycles. The van der Waals surface area contributed by atoms with Crippen LogP contribution in [0.25, 0.3) is 0 Å². The van der Waals surface area contributed by atoms with Gasteiger partial charge >= 0.3 is 0 Å². The molecule has 1 aliphatic rings. The van der Waals surface area contributed by atoms with Gasteiger partial charge in [-0.25, -0.2) is 0 Å². The molecule has 3 rings (SSSR count). The van der Waals surface area contributed by atoms with Crippen molar-refractivity contribution in [1.29, 1.82) is 0 Å². The zero-order chi connectivity index (χ0) is 16.9. The summed E-state index contributed by atoms with van der Waals surface area (Å²) in [6.07, 6.45) is 5.87. The molecule has 0 spiro atoms. The van der Waals surface area contributed by atoms with Gasteiger partial charge in [-0.3, -0.25) is 9.48 Å². The van der Waals surface area contributed by atoms with E-state index in [1.165, 1.54) is 31.2 Å². The third-order valence-electron chi connectivity index (χ3n) is 5.02. The Morgan fingerprint density at radius 3 is 2.67 bits per heavy atom. The Balaban J connectivity index is 1.76. The maximum Gasteiger partial charge on any atom is 0.269 e. The fraction of sp³-hybridized carbons (Fsp3) is 0.500. The molecule has 24 heavy (non-hydrogen) atoms. The van der Waals surface area contributed by atoms with E-state index in [9.17, 15) is 4.79 Å². The van der Waals surface area contributed by atoms with Gasteiger partial charge < -0.3 is 5.32 Å². The molecular weight excluding hydrogens is 298 g/mol. The lowest BCUT2D eigenvalue weighted by molar-refractivity contribution is 0.0911. The minimum absolute atomic E-state index is 0.00489. The van der Waals surface area contributed by atoms with Crippen LogP contribution in [0.3, 0.4) is 0 Å². The molecule has 1 N–H and O–H groups in total. The summed E-state index contributed by atoms with van der Waals surface area (Å²) < 4.78 is 1.79. The highest BCUT2D eigenvalue weighted by atomic mass is 16.2. The molecule has 1 atom stereocenters. The lowest BCUT2D eigenvalue weighted by Crippen LogP contribution is -2.41. The first-order valence-corrected chi connectivity index (χ1v) is 9.06. The fourth-order valence-corrected chi connectivity index (χ4v) is 3.77. The first-order chi connectivity index (χ1) is 11.7. The summed E-state index contributed by atoms with van der Waals surface area (Å²) >= 11 is 0. The Hall–Kier alpha value is -2.10. The van der Waals surface area contributed by atoms with Crippen molar-refractivity contribution in [3.8, 4) is 0 Å². The highest BCUT2D eigenvalue weighted by Crippen LogP contribution is 2.29. The Bertz CT molecular complexity index is 671. The SMILES string of the molecule is CCn1nc(C)cc1C(=O)NC(Cc1ccccc1)C1CCCC1. The number of amides is 1. The highest BCUT2D eigenvalue weighted by Gasteiger charge is 2.27. The van der Waals surface area contributed by atoms with Crippen LogP contribution in [0.2, 0.25) is 0 Å². The van der Waals surface area contributed by atoms with Gasteiger partial charge in [0.05, 0.1) is 5.69 Å². The zero-order valence-corrected chi connectivity index (χ0v) is 14.7. The molecular formula is C20H27N3O. The van der Waals surface area contributed by atoms with E-state index in [0.29, 0.717) is 18.2 Å². The number of carbonyl (C=O) groups excluding carboxylic acids is 1. The van der Waals surface area contributed by atoms with Gasteiger partial charge in [-0.2, -0.15) is 5.10 Å². The summed E-state index contributed by atoms with van der Waals surface area (Å²) in [5.41, 5.74) is 2.85. The standard InChI is InChI=1S/C20H27N3O/c1-3-23-19(13-15(2)22-23)20(24)21-18(17-11-7-8-12-17)14-16-9-5-4-6-10-16/h4-6,9-10,13,17-18H,3,7-8,11-12,14H2,1-2H3,(H,21,24). The zero-order valence-electron chi connectivity index (χ0n) is 14.7. The Morgan fingerprint density at radius 2 is 2.00 bits per heavy atom. The summed E-state index contributed by atoms with van der Waals surface area (Å²) in [5, 5.41) is 7.71. The molecule has 1 unspecified atom stereocenters. The van der Waals surface area contributed by atoms with Gasteiger partial charge in [0, 0.05) is 12.6 Å². The van der Waals surface area contributed by atoms with Gasteiger partial charge in [-0.05, 0) is 50.7 Å².